The van der Waals surface area contributed by atoms with Crippen LogP contribution in [0.15, 0.2) is 42.5 Å². The van der Waals surface area contributed by atoms with Crippen molar-refractivity contribution < 1.29 is 32.2 Å². The molecule has 4 rings (SSSR count). The number of hydrogen-bond donors (Lipinski definition) is 1. The van der Waals surface area contributed by atoms with Gasteiger partial charge < -0.3 is 14.8 Å². The van der Waals surface area contributed by atoms with Gasteiger partial charge in [0.05, 0.1) is 30.0 Å². The van der Waals surface area contributed by atoms with Crippen molar-refractivity contribution in [3.05, 3.63) is 59.2 Å². The molecule has 9 heteroatoms. The van der Waals surface area contributed by atoms with Gasteiger partial charge >= 0.3 is 18.2 Å². The number of benzene rings is 2. The Morgan fingerprint density at radius 3 is 2.69 bits per heavy atom. The highest BCUT2D eigenvalue weighted by Crippen LogP contribution is 2.48. The van der Waals surface area contributed by atoms with Crippen LogP contribution in [0.2, 0.25) is 0 Å². The first-order valence-corrected chi connectivity index (χ1v) is 8.82. The molecule has 1 fully saturated rings. The van der Waals surface area contributed by atoms with E-state index in [1.54, 1.807) is 19.1 Å². The number of urea groups is 1. The minimum Gasteiger partial charge on any atom is -0.467 e. The Bertz CT molecular complexity index is 1010. The van der Waals surface area contributed by atoms with Crippen LogP contribution in [-0.2, 0) is 10.9 Å². The minimum atomic E-state index is -4.63. The fourth-order valence-corrected chi connectivity index (χ4v) is 3.89. The predicted octanol–water partition coefficient (Wildman–Crippen LogP) is 4.26. The summed E-state index contributed by atoms with van der Waals surface area (Å²) in [5.74, 6) is -0.158. The largest absolute Gasteiger partial charge is 0.467 e. The van der Waals surface area contributed by atoms with E-state index in [0.29, 0.717) is 11.3 Å². The van der Waals surface area contributed by atoms with Gasteiger partial charge in [0.25, 0.3) is 0 Å². The third kappa shape index (κ3) is 3.06. The van der Waals surface area contributed by atoms with Gasteiger partial charge in [0, 0.05) is 12.0 Å². The standard InChI is InChI=1S/C20H17F3N2O4/c1-19-10-14(12-9-11(17(26)28-2)7-8-16(12)29-19)24-18(27)25(19)15-6-4-3-5-13(15)20(21,22)23/h3-9,14H,10H2,1-2H3,(H,24,27). The number of para-hydroxylation sites is 1. The Morgan fingerprint density at radius 2 is 2.00 bits per heavy atom. The lowest BCUT2D eigenvalue weighted by Crippen LogP contribution is -2.65. The molecule has 1 saturated heterocycles. The maximum absolute atomic E-state index is 13.5. The predicted molar refractivity (Wildman–Crippen MR) is 96.6 cm³/mol. The van der Waals surface area contributed by atoms with Crippen LogP contribution in [0.25, 0.3) is 0 Å². The van der Waals surface area contributed by atoms with E-state index < -0.39 is 35.5 Å². The molecule has 2 heterocycles. The van der Waals surface area contributed by atoms with Gasteiger partial charge in [0.1, 0.15) is 5.75 Å². The molecule has 0 aliphatic carbocycles. The van der Waals surface area contributed by atoms with Gasteiger partial charge in [-0.05, 0) is 37.3 Å². The SMILES string of the molecule is COC(=O)c1ccc2c(c1)C1CC(C)(O2)N(c2ccccc2C(F)(F)F)C(=O)N1. The number of nitrogens with one attached hydrogen (secondary N) is 1. The first-order chi connectivity index (χ1) is 13.6. The fraction of sp³-hybridized carbons (Fsp3) is 0.300. The minimum absolute atomic E-state index is 0.197. The first-order valence-electron chi connectivity index (χ1n) is 8.82. The summed E-state index contributed by atoms with van der Waals surface area (Å²) in [6, 6.07) is 8.26. The zero-order chi connectivity index (χ0) is 21.0. The first kappa shape index (κ1) is 19.1. The third-order valence-electron chi connectivity index (χ3n) is 5.14. The Morgan fingerprint density at radius 1 is 1.28 bits per heavy atom. The number of fused-ring (bicyclic) bond motifs is 4. The topological polar surface area (TPSA) is 67.9 Å². The van der Waals surface area contributed by atoms with Crippen molar-refractivity contribution in [1.82, 2.24) is 5.32 Å². The third-order valence-corrected chi connectivity index (χ3v) is 5.14. The van der Waals surface area contributed by atoms with Crippen LogP contribution in [0.3, 0.4) is 0 Å². The number of hydrogen-bond acceptors (Lipinski definition) is 4. The molecule has 2 aromatic carbocycles. The van der Waals surface area contributed by atoms with Crippen molar-refractivity contribution in [2.75, 3.05) is 12.0 Å². The molecule has 2 amide bonds. The zero-order valence-electron chi connectivity index (χ0n) is 15.5. The molecule has 1 N–H and O–H groups in total. The van der Waals surface area contributed by atoms with Crippen LogP contribution in [-0.4, -0.2) is 24.8 Å². The van der Waals surface area contributed by atoms with Crippen LogP contribution in [0, 0.1) is 0 Å². The molecule has 2 aromatic rings. The lowest BCUT2D eigenvalue weighted by atomic mass is 9.89. The van der Waals surface area contributed by atoms with Crippen LogP contribution < -0.4 is 15.0 Å². The lowest BCUT2D eigenvalue weighted by molar-refractivity contribution is -0.137. The second-order valence-electron chi connectivity index (χ2n) is 7.08. The second-order valence-corrected chi connectivity index (χ2v) is 7.08. The quantitative estimate of drug-likeness (QED) is 0.757. The molecule has 0 radical (unpaired) electrons. The Balaban J connectivity index is 1.79. The fourth-order valence-electron chi connectivity index (χ4n) is 3.89. The number of halogens is 3. The number of esters is 1. The van der Waals surface area contributed by atoms with Gasteiger partial charge in [-0.3, -0.25) is 4.90 Å². The van der Waals surface area contributed by atoms with E-state index in [0.717, 1.165) is 11.0 Å². The molecule has 0 saturated carbocycles. The molecule has 29 heavy (non-hydrogen) atoms. The van der Waals surface area contributed by atoms with Crippen molar-refractivity contribution in [2.24, 2.45) is 0 Å². The number of nitrogens with zero attached hydrogens (tertiary/aromatic N) is 1. The van der Waals surface area contributed by atoms with Crippen molar-refractivity contribution >= 4 is 17.7 Å². The molecule has 2 aliphatic rings. The molecule has 0 aromatic heterocycles. The summed E-state index contributed by atoms with van der Waals surface area (Å²) in [5.41, 5.74) is -1.69. The van der Waals surface area contributed by atoms with Gasteiger partial charge in [-0.1, -0.05) is 12.1 Å². The van der Waals surface area contributed by atoms with Crippen molar-refractivity contribution in [3.63, 3.8) is 0 Å². The smallest absolute Gasteiger partial charge is 0.418 e. The van der Waals surface area contributed by atoms with E-state index in [-0.39, 0.29) is 17.7 Å². The number of anilines is 1. The maximum Gasteiger partial charge on any atom is 0.418 e. The molecular weight excluding hydrogens is 389 g/mol. The molecule has 2 bridgehead atoms. The summed E-state index contributed by atoms with van der Waals surface area (Å²) < 4.78 is 51.3. The highest BCUT2D eigenvalue weighted by molar-refractivity contribution is 5.96. The summed E-state index contributed by atoms with van der Waals surface area (Å²) in [5, 5.41) is 2.73. The van der Waals surface area contributed by atoms with Crippen LogP contribution in [0.5, 0.6) is 5.75 Å². The molecule has 2 atom stereocenters. The van der Waals surface area contributed by atoms with E-state index in [1.165, 1.54) is 31.4 Å². The Kier molecular flexibility index (Phi) is 4.21. The summed E-state index contributed by atoms with van der Waals surface area (Å²) in [6.45, 7) is 1.57. The lowest BCUT2D eigenvalue weighted by Gasteiger charge is -2.51. The molecule has 152 valence electrons. The average Bonchev–Trinajstić information content (AvgIpc) is 2.66. The van der Waals surface area contributed by atoms with E-state index in [2.05, 4.69) is 5.32 Å². The highest BCUT2D eigenvalue weighted by atomic mass is 19.4. The summed E-state index contributed by atoms with van der Waals surface area (Å²) >= 11 is 0. The van der Waals surface area contributed by atoms with Crippen molar-refractivity contribution in [2.45, 2.75) is 31.3 Å². The average molecular weight is 406 g/mol. The normalized spacial score (nSPS) is 23.0. The van der Waals surface area contributed by atoms with E-state index in [1.807, 2.05) is 0 Å². The Labute approximate surface area is 164 Å². The van der Waals surface area contributed by atoms with Crippen LogP contribution >= 0.6 is 0 Å². The Hall–Kier alpha value is -3.23. The maximum atomic E-state index is 13.5. The van der Waals surface area contributed by atoms with E-state index in [4.69, 9.17) is 9.47 Å². The van der Waals surface area contributed by atoms with E-state index in [9.17, 15) is 22.8 Å². The van der Waals surface area contributed by atoms with Gasteiger partial charge in [-0.2, -0.15) is 13.2 Å². The number of carbonyl (C=O) groups is 2. The van der Waals surface area contributed by atoms with E-state index >= 15 is 0 Å². The number of carbonyl (C=O) groups excluding carboxylic acids is 2. The molecular formula is C20H17F3N2O4. The van der Waals surface area contributed by atoms with Crippen LogP contribution in [0.1, 0.15) is 40.9 Å². The van der Waals surface area contributed by atoms with Crippen molar-refractivity contribution in [3.8, 4) is 5.75 Å². The van der Waals surface area contributed by atoms with Crippen molar-refractivity contribution in [1.29, 1.82) is 0 Å². The highest BCUT2D eigenvalue weighted by Gasteiger charge is 2.51. The number of alkyl halides is 3. The molecule has 6 nitrogen and oxygen atoms in total. The van der Waals surface area contributed by atoms with Crippen LogP contribution in [0.4, 0.5) is 23.7 Å². The second kappa shape index (κ2) is 6.40. The summed E-state index contributed by atoms with van der Waals surface area (Å²) in [6.07, 6.45) is -4.44. The number of amides is 2. The zero-order valence-corrected chi connectivity index (χ0v) is 15.5. The monoisotopic (exact) mass is 406 g/mol. The molecule has 0 spiro atoms. The van der Waals surface area contributed by atoms with Gasteiger partial charge in [-0.15, -0.1) is 0 Å². The van der Waals surface area contributed by atoms with Gasteiger partial charge in [0.15, 0.2) is 5.72 Å². The van der Waals surface area contributed by atoms with Gasteiger partial charge in [0.2, 0.25) is 0 Å². The molecule has 2 unspecified atom stereocenters. The van der Waals surface area contributed by atoms with Gasteiger partial charge in [-0.25, -0.2) is 9.59 Å². The summed E-state index contributed by atoms with van der Waals surface area (Å²) in [4.78, 5) is 25.7. The number of rotatable bonds is 2. The number of methoxy groups -OCH3 is 1. The summed E-state index contributed by atoms with van der Waals surface area (Å²) in [7, 11) is 1.26. The molecule has 2 aliphatic heterocycles. The number of ether oxygens (including phenoxy) is 2.